The number of halogens is 4. The highest BCUT2D eigenvalue weighted by Gasteiger charge is 2.42. The normalized spacial score (nSPS) is 11.6. The molecule has 34 heavy (non-hydrogen) atoms. The van der Waals surface area contributed by atoms with Gasteiger partial charge in [-0.2, -0.15) is 14.0 Å². The van der Waals surface area contributed by atoms with Gasteiger partial charge in [0.2, 0.25) is 5.75 Å². The van der Waals surface area contributed by atoms with Crippen LogP contribution in [0.2, 0.25) is 0 Å². The summed E-state index contributed by atoms with van der Waals surface area (Å²) in [6, 6.07) is 6.56. The molecule has 3 aromatic rings. The summed E-state index contributed by atoms with van der Waals surface area (Å²) in [4.78, 5) is 31.4. The first-order chi connectivity index (χ1) is 16.0. The number of hydrogen-bond donors (Lipinski definition) is 1. The van der Waals surface area contributed by atoms with Crippen LogP contribution in [0.25, 0.3) is 0 Å². The van der Waals surface area contributed by atoms with Crippen LogP contribution in [0.3, 0.4) is 0 Å². The fourth-order valence-corrected chi connectivity index (χ4v) is 3.12. The Morgan fingerprint density at radius 3 is 2.56 bits per heavy atom. The Bertz CT molecular complexity index is 1370. The van der Waals surface area contributed by atoms with Gasteiger partial charge < -0.3 is 9.72 Å². The molecule has 2 heterocycles. The highest BCUT2D eigenvalue weighted by Crippen LogP contribution is 2.40. The average molecular weight is 476 g/mol. The maximum Gasteiger partial charge on any atom is 0.297 e. The SMILES string of the molecule is Cc1c(C#N)cc(C(F)F)cc1Oc1c(C(F)(F)C(C)C)ncn(Cc2ccc[nH]c2=O)c1=O. The van der Waals surface area contributed by atoms with Crippen molar-refractivity contribution >= 4 is 0 Å². The fraction of sp³-hybridized carbons (Fsp3) is 0.304. The number of H-pyrrole nitrogens is 1. The Hall–Kier alpha value is -3.94. The molecule has 0 amide bonds. The molecule has 0 radical (unpaired) electrons. The highest BCUT2D eigenvalue weighted by molar-refractivity contribution is 5.51. The molecule has 0 spiro atoms. The lowest BCUT2D eigenvalue weighted by Crippen LogP contribution is -2.31. The van der Waals surface area contributed by atoms with E-state index >= 15 is 0 Å². The minimum Gasteiger partial charge on any atom is -0.449 e. The molecule has 0 fully saturated rings. The lowest BCUT2D eigenvalue weighted by Gasteiger charge is -2.23. The van der Waals surface area contributed by atoms with Gasteiger partial charge in [0.05, 0.1) is 24.5 Å². The number of pyridine rings is 1. The van der Waals surface area contributed by atoms with Crippen LogP contribution in [0, 0.1) is 24.2 Å². The molecular weight excluding hydrogens is 456 g/mol. The fourth-order valence-electron chi connectivity index (χ4n) is 3.12. The summed E-state index contributed by atoms with van der Waals surface area (Å²) >= 11 is 0. The zero-order valence-corrected chi connectivity index (χ0v) is 18.4. The zero-order valence-electron chi connectivity index (χ0n) is 18.4. The minimum absolute atomic E-state index is 0.0834. The van der Waals surface area contributed by atoms with E-state index in [1.54, 1.807) is 6.07 Å². The van der Waals surface area contributed by atoms with E-state index in [9.17, 15) is 32.4 Å². The molecule has 1 N–H and O–H groups in total. The molecule has 0 saturated heterocycles. The van der Waals surface area contributed by atoms with Crippen molar-refractivity contribution in [1.29, 1.82) is 5.26 Å². The van der Waals surface area contributed by atoms with E-state index in [-0.39, 0.29) is 29.0 Å². The number of ether oxygens (including phenoxy) is 1. The molecule has 1 aromatic carbocycles. The van der Waals surface area contributed by atoms with Gasteiger partial charge in [-0.25, -0.2) is 13.8 Å². The first-order valence-electron chi connectivity index (χ1n) is 10.1. The number of nitrogens with zero attached hydrogens (tertiary/aromatic N) is 3. The zero-order chi connectivity index (χ0) is 25.2. The van der Waals surface area contributed by atoms with Crippen LogP contribution in [-0.2, 0) is 12.5 Å². The van der Waals surface area contributed by atoms with Gasteiger partial charge in [-0.05, 0) is 25.1 Å². The maximum absolute atomic E-state index is 15.0. The summed E-state index contributed by atoms with van der Waals surface area (Å²) in [5, 5.41) is 9.28. The number of nitriles is 1. The first-order valence-corrected chi connectivity index (χ1v) is 10.1. The van der Waals surface area contributed by atoms with Crippen molar-refractivity contribution in [3.05, 3.63) is 85.4 Å². The van der Waals surface area contributed by atoms with Crippen LogP contribution in [0.5, 0.6) is 11.5 Å². The standard InChI is InChI=1S/C23H20F4N4O3/c1-12(2)23(26,27)19-18(34-17-8-15(20(24)25)7-16(9-28)13(17)3)22(33)31(11-30-19)10-14-5-4-6-29-21(14)32/h4-8,11-12,20H,10H2,1-3H3,(H,29,32). The Morgan fingerprint density at radius 1 is 1.26 bits per heavy atom. The van der Waals surface area contributed by atoms with E-state index in [2.05, 4.69) is 9.97 Å². The van der Waals surface area contributed by atoms with Crippen molar-refractivity contribution in [3.63, 3.8) is 0 Å². The van der Waals surface area contributed by atoms with Crippen LogP contribution in [-0.4, -0.2) is 14.5 Å². The lowest BCUT2D eigenvalue weighted by molar-refractivity contribution is -0.0573. The van der Waals surface area contributed by atoms with Gasteiger partial charge in [0.1, 0.15) is 5.75 Å². The summed E-state index contributed by atoms with van der Waals surface area (Å²) in [5.41, 5.74) is -3.02. The van der Waals surface area contributed by atoms with E-state index in [0.29, 0.717) is 0 Å². The summed E-state index contributed by atoms with van der Waals surface area (Å²) in [7, 11) is 0. The maximum atomic E-state index is 15.0. The Kier molecular flexibility index (Phi) is 6.91. The number of rotatable bonds is 7. The minimum atomic E-state index is -3.61. The molecule has 2 aromatic heterocycles. The summed E-state index contributed by atoms with van der Waals surface area (Å²) < 4.78 is 63.0. The van der Waals surface area contributed by atoms with Crippen LogP contribution in [0.15, 0.2) is 46.4 Å². The molecule has 0 saturated carbocycles. The van der Waals surface area contributed by atoms with E-state index in [4.69, 9.17) is 4.74 Å². The number of aromatic amines is 1. The Morgan fingerprint density at radius 2 is 1.97 bits per heavy atom. The van der Waals surface area contributed by atoms with Crippen molar-refractivity contribution in [2.24, 2.45) is 5.92 Å². The predicted octanol–water partition coefficient (Wildman–Crippen LogP) is 4.64. The van der Waals surface area contributed by atoms with E-state index < -0.39 is 46.4 Å². The Labute approximate surface area is 191 Å². The topological polar surface area (TPSA) is 101 Å². The van der Waals surface area contributed by atoms with Crippen LogP contribution in [0.1, 0.15) is 48.2 Å². The van der Waals surface area contributed by atoms with E-state index in [1.165, 1.54) is 39.1 Å². The van der Waals surface area contributed by atoms with Gasteiger partial charge in [0, 0.05) is 28.8 Å². The van der Waals surface area contributed by atoms with Gasteiger partial charge in [-0.1, -0.05) is 19.9 Å². The van der Waals surface area contributed by atoms with E-state index in [1.807, 2.05) is 0 Å². The summed E-state index contributed by atoms with van der Waals surface area (Å²) in [5.74, 6) is -6.13. The third-order valence-corrected chi connectivity index (χ3v) is 5.24. The molecule has 3 rings (SSSR count). The second kappa shape index (κ2) is 9.51. The van der Waals surface area contributed by atoms with Crippen molar-refractivity contribution in [3.8, 4) is 17.6 Å². The third kappa shape index (κ3) is 4.71. The largest absolute Gasteiger partial charge is 0.449 e. The van der Waals surface area contributed by atoms with Crippen molar-refractivity contribution < 1.29 is 22.3 Å². The molecule has 0 aliphatic carbocycles. The van der Waals surface area contributed by atoms with Crippen molar-refractivity contribution in [1.82, 2.24) is 14.5 Å². The molecule has 178 valence electrons. The average Bonchev–Trinajstić information content (AvgIpc) is 2.78. The smallest absolute Gasteiger partial charge is 0.297 e. The van der Waals surface area contributed by atoms with Crippen LogP contribution in [0.4, 0.5) is 17.6 Å². The molecule has 11 heteroatoms. The highest BCUT2D eigenvalue weighted by atomic mass is 19.3. The second-order valence-corrected chi connectivity index (χ2v) is 7.86. The van der Waals surface area contributed by atoms with Gasteiger partial charge in [-0.3, -0.25) is 14.2 Å². The number of alkyl halides is 4. The lowest BCUT2D eigenvalue weighted by atomic mass is 10.0. The second-order valence-electron chi connectivity index (χ2n) is 7.86. The van der Waals surface area contributed by atoms with Crippen molar-refractivity contribution in [2.45, 2.75) is 39.7 Å². The van der Waals surface area contributed by atoms with Crippen LogP contribution >= 0.6 is 0 Å². The predicted molar refractivity (Wildman–Crippen MR) is 114 cm³/mol. The molecule has 0 aliphatic heterocycles. The van der Waals surface area contributed by atoms with Crippen molar-refractivity contribution in [2.75, 3.05) is 0 Å². The number of benzene rings is 1. The first kappa shape index (κ1) is 24.7. The third-order valence-electron chi connectivity index (χ3n) is 5.24. The molecule has 0 unspecified atom stereocenters. The molecular formula is C23H20F4N4O3. The molecule has 0 aliphatic rings. The number of hydrogen-bond acceptors (Lipinski definition) is 5. The number of nitrogens with one attached hydrogen (secondary N) is 1. The van der Waals surface area contributed by atoms with Gasteiger partial charge >= 0.3 is 0 Å². The van der Waals surface area contributed by atoms with Gasteiger partial charge in [-0.15, -0.1) is 0 Å². The quantitative estimate of drug-likeness (QED) is 0.501. The monoisotopic (exact) mass is 476 g/mol. The van der Waals surface area contributed by atoms with Gasteiger partial charge in [0.25, 0.3) is 23.5 Å². The molecule has 0 bridgehead atoms. The molecule has 0 atom stereocenters. The van der Waals surface area contributed by atoms with Gasteiger partial charge in [0.15, 0.2) is 5.69 Å². The number of aromatic nitrogens is 3. The van der Waals surface area contributed by atoms with Crippen LogP contribution < -0.4 is 15.9 Å². The molecule has 7 nitrogen and oxygen atoms in total. The summed E-state index contributed by atoms with van der Waals surface area (Å²) in [6.07, 6.45) is -0.711. The van der Waals surface area contributed by atoms with E-state index in [0.717, 1.165) is 23.0 Å². The summed E-state index contributed by atoms with van der Waals surface area (Å²) in [6.45, 7) is 3.51. The Balaban J connectivity index is 2.23.